The number of nitrogens with zero attached hydrogens (tertiary/aromatic N) is 3. The third-order valence-corrected chi connectivity index (χ3v) is 5.46. The minimum atomic E-state index is 0.0597. The first-order valence-corrected chi connectivity index (χ1v) is 10.7. The summed E-state index contributed by atoms with van der Waals surface area (Å²) in [6, 6.07) is 5.15. The average molecular weight is 441 g/mol. The van der Waals surface area contributed by atoms with E-state index in [1.54, 1.807) is 18.2 Å². The molecule has 0 saturated carbocycles. The van der Waals surface area contributed by atoms with E-state index in [9.17, 15) is 4.79 Å². The molecular formula is C20H26Cl2N4O3. The van der Waals surface area contributed by atoms with E-state index >= 15 is 0 Å². The van der Waals surface area contributed by atoms with Crippen molar-refractivity contribution in [3.05, 3.63) is 34.1 Å². The van der Waals surface area contributed by atoms with Crippen molar-refractivity contribution >= 4 is 29.1 Å². The second kappa shape index (κ2) is 10.9. The van der Waals surface area contributed by atoms with Crippen LogP contribution in [-0.4, -0.2) is 53.9 Å². The molecule has 2 heterocycles. The van der Waals surface area contributed by atoms with Crippen LogP contribution < -0.4 is 5.32 Å². The van der Waals surface area contributed by atoms with Gasteiger partial charge in [0.25, 0.3) is 0 Å². The minimum absolute atomic E-state index is 0.0597. The summed E-state index contributed by atoms with van der Waals surface area (Å²) >= 11 is 12.1. The largest absolute Gasteiger partial charge is 0.419 e. The minimum Gasteiger partial charge on any atom is -0.419 e. The summed E-state index contributed by atoms with van der Waals surface area (Å²) in [7, 11) is 0. The molecule has 1 aromatic carbocycles. The fourth-order valence-electron chi connectivity index (χ4n) is 3.31. The number of hydrogen-bond donors (Lipinski definition) is 1. The molecule has 0 aliphatic carbocycles. The highest BCUT2D eigenvalue weighted by Crippen LogP contribution is 2.29. The van der Waals surface area contributed by atoms with Gasteiger partial charge in [-0.1, -0.05) is 23.2 Å². The molecule has 1 aromatic heterocycles. The van der Waals surface area contributed by atoms with Gasteiger partial charge in [-0.3, -0.25) is 9.69 Å². The highest BCUT2D eigenvalue weighted by molar-refractivity contribution is 6.36. The number of likely N-dealkylation sites (tertiary alicyclic amines) is 1. The first-order valence-electron chi connectivity index (χ1n) is 9.92. The van der Waals surface area contributed by atoms with Crippen molar-refractivity contribution in [1.29, 1.82) is 0 Å². The average Bonchev–Trinajstić information content (AvgIpc) is 3.16. The third-order valence-electron chi connectivity index (χ3n) is 4.91. The predicted octanol–water partition coefficient (Wildman–Crippen LogP) is 3.80. The van der Waals surface area contributed by atoms with Gasteiger partial charge in [0.1, 0.15) is 0 Å². The van der Waals surface area contributed by atoms with Crippen molar-refractivity contribution in [1.82, 2.24) is 20.4 Å². The second-order valence-corrected chi connectivity index (χ2v) is 7.86. The predicted molar refractivity (Wildman–Crippen MR) is 112 cm³/mol. The highest BCUT2D eigenvalue weighted by atomic mass is 35.5. The Balaban J connectivity index is 1.44. The van der Waals surface area contributed by atoms with Gasteiger partial charge in [0.05, 0.1) is 17.1 Å². The van der Waals surface area contributed by atoms with Gasteiger partial charge in [0.2, 0.25) is 17.7 Å². The lowest BCUT2D eigenvalue weighted by atomic mass is 9.96. The Morgan fingerprint density at radius 3 is 2.83 bits per heavy atom. The highest BCUT2D eigenvalue weighted by Gasteiger charge is 2.25. The van der Waals surface area contributed by atoms with Crippen LogP contribution in [0, 0.1) is 5.92 Å². The van der Waals surface area contributed by atoms with Crippen LogP contribution >= 0.6 is 23.2 Å². The molecule has 1 amide bonds. The van der Waals surface area contributed by atoms with Crippen molar-refractivity contribution in [2.45, 2.75) is 32.7 Å². The molecule has 1 N–H and O–H groups in total. The molecular weight excluding hydrogens is 415 g/mol. The standard InChI is InChI=1S/C20H26Cl2N4O3/c1-2-28-11-3-8-23-19(27)14-6-9-26(10-7-14)13-18-24-25-20(29-18)16-5-4-15(21)12-17(16)22/h4-5,12,14H,2-3,6-11,13H2,1H3,(H,23,27). The van der Waals surface area contributed by atoms with Crippen molar-refractivity contribution < 1.29 is 13.9 Å². The molecule has 7 nitrogen and oxygen atoms in total. The van der Waals surface area contributed by atoms with Crippen molar-refractivity contribution in [3.8, 4) is 11.5 Å². The van der Waals surface area contributed by atoms with Gasteiger partial charge >= 0.3 is 0 Å². The van der Waals surface area contributed by atoms with Gasteiger partial charge < -0.3 is 14.5 Å². The summed E-state index contributed by atoms with van der Waals surface area (Å²) in [5.74, 6) is 1.11. The number of rotatable bonds is 9. The Labute approximate surface area is 180 Å². The number of carbonyl (C=O) groups is 1. The normalized spacial score (nSPS) is 15.6. The van der Waals surface area contributed by atoms with Crippen LogP contribution in [0.4, 0.5) is 0 Å². The molecule has 0 unspecified atom stereocenters. The van der Waals surface area contributed by atoms with Gasteiger partial charge in [-0.25, -0.2) is 0 Å². The van der Waals surface area contributed by atoms with Crippen LogP contribution in [0.15, 0.2) is 22.6 Å². The zero-order valence-electron chi connectivity index (χ0n) is 16.5. The van der Waals surface area contributed by atoms with Crippen LogP contribution in [-0.2, 0) is 16.1 Å². The van der Waals surface area contributed by atoms with Gasteiger partial charge in [-0.15, -0.1) is 10.2 Å². The van der Waals surface area contributed by atoms with Gasteiger partial charge in [0.15, 0.2) is 0 Å². The molecule has 1 saturated heterocycles. The Morgan fingerprint density at radius 1 is 1.31 bits per heavy atom. The van der Waals surface area contributed by atoms with E-state index in [1.165, 1.54) is 0 Å². The Hall–Kier alpha value is -1.67. The molecule has 3 rings (SSSR count). The van der Waals surface area contributed by atoms with Crippen LogP contribution in [0.2, 0.25) is 10.0 Å². The lowest BCUT2D eigenvalue weighted by molar-refractivity contribution is -0.126. The summed E-state index contributed by atoms with van der Waals surface area (Å²) in [6.07, 6.45) is 2.48. The number of aromatic nitrogens is 2. The molecule has 158 valence electrons. The van der Waals surface area contributed by atoms with E-state index in [-0.39, 0.29) is 11.8 Å². The smallest absolute Gasteiger partial charge is 0.249 e. The molecule has 29 heavy (non-hydrogen) atoms. The maximum atomic E-state index is 12.3. The zero-order chi connectivity index (χ0) is 20.6. The SMILES string of the molecule is CCOCCCNC(=O)C1CCN(Cc2nnc(-c3ccc(Cl)cc3Cl)o2)CC1. The quantitative estimate of drug-likeness (QED) is 0.597. The topological polar surface area (TPSA) is 80.5 Å². The van der Waals surface area contributed by atoms with E-state index in [1.807, 2.05) is 6.92 Å². The number of nitrogens with one attached hydrogen (secondary N) is 1. The molecule has 1 aliphatic rings. The molecule has 1 aliphatic heterocycles. The van der Waals surface area contributed by atoms with E-state index in [0.29, 0.717) is 53.7 Å². The number of hydrogen-bond acceptors (Lipinski definition) is 6. The number of amides is 1. The van der Waals surface area contributed by atoms with Gasteiger partial charge in [0, 0.05) is 30.7 Å². The fourth-order valence-corrected chi connectivity index (χ4v) is 3.80. The molecule has 0 spiro atoms. The Bertz CT molecular complexity index is 807. The summed E-state index contributed by atoms with van der Waals surface area (Å²) < 4.78 is 11.1. The van der Waals surface area contributed by atoms with Gasteiger partial charge in [-0.2, -0.15) is 0 Å². The summed E-state index contributed by atoms with van der Waals surface area (Å²) in [6.45, 7) is 6.21. The molecule has 0 atom stereocenters. The van der Waals surface area contributed by atoms with E-state index in [2.05, 4.69) is 20.4 Å². The van der Waals surface area contributed by atoms with Crippen molar-refractivity contribution in [3.63, 3.8) is 0 Å². The maximum Gasteiger partial charge on any atom is 0.249 e. The lowest BCUT2D eigenvalue weighted by Gasteiger charge is -2.30. The van der Waals surface area contributed by atoms with Crippen LogP contribution in [0.5, 0.6) is 0 Å². The summed E-state index contributed by atoms with van der Waals surface area (Å²) in [4.78, 5) is 14.5. The number of piperidine rings is 1. The summed E-state index contributed by atoms with van der Waals surface area (Å²) in [5, 5.41) is 12.3. The molecule has 0 radical (unpaired) electrons. The number of halogens is 2. The fraction of sp³-hybridized carbons (Fsp3) is 0.550. The lowest BCUT2D eigenvalue weighted by Crippen LogP contribution is -2.40. The molecule has 0 bridgehead atoms. The number of benzene rings is 1. The van der Waals surface area contributed by atoms with Crippen LogP contribution in [0.1, 0.15) is 32.1 Å². The molecule has 2 aromatic rings. The summed E-state index contributed by atoms with van der Waals surface area (Å²) in [5.41, 5.74) is 0.662. The molecule has 1 fully saturated rings. The van der Waals surface area contributed by atoms with E-state index in [4.69, 9.17) is 32.4 Å². The van der Waals surface area contributed by atoms with Crippen molar-refractivity contribution in [2.24, 2.45) is 5.92 Å². The van der Waals surface area contributed by atoms with Crippen LogP contribution in [0.25, 0.3) is 11.5 Å². The Morgan fingerprint density at radius 2 is 2.10 bits per heavy atom. The zero-order valence-corrected chi connectivity index (χ0v) is 18.0. The number of ether oxygens (including phenoxy) is 1. The third kappa shape index (κ3) is 6.40. The maximum absolute atomic E-state index is 12.3. The first kappa shape index (κ1) is 22.0. The van der Waals surface area contributed by atoms with E-state index in [0.717, 1.165) is 32.4 Å². The monoisotopic (exact) mass is 440 g/mol. The van der Waals surface area contributed by atoms with Crippen molar-refractivity contribution in [2.75, 3.05) is 32.8 Å². The van der Waals surface area contributed by atoms with Gasteiger partial charge in [-0.05, 0) is 57.5 Å². The number of carbonyl (C=O) groups excluding carboxylic acids is 1. The Kier molecular flexibility index (Phi) is 8.29. The second-order valence-electron chi connectivity index (χ2n) is 7.02. The first-order chi connectivity index (χ1) is 14.1. The molecule has 9 heteroatoms. The van der Waals surface area contributed by atoms with Crippen LogP contribution in [0.3, 0.4) is 0 Å². The van der Waals surface area contributed by atoms with E-state index < -0.39 is 0 Å².